The van der Waals surface area contributed by atoms with Crippen LogP contribution in [0.4, 0.5) is 0 Å². The highest BCUT2D eigenvalue weighted by atomic mass is 14.7. The average Bonchev–Trinajstić information content (AvgIpc) is 2.52. The normalized spacial score (nSPS) is 11.9. The van der Waals surface area contributed by atoms with Crippen molar-refractivity contribution in [3.63, 3.8) is 0 Å². The Balaban J connectivity index is 2.31. The highest BCUT2D eigenvalue weighted by molar-refractivity contribution is 6.03. The predicted molar refractivity (Wildman–Crippen MR) is 85.5 cm³/mol. The molecule has 20 heavy (non-hydrogen) atoms. The van der Waals surface area contributed by atoms with Crippen molar-refractivity contribution in [1.82, 2.24) is 9.97 Å². The molecule has 2 heterocycles. The van der Waals surface area contributed by atoms with E-state index < -0.39 is 0 Å². The maximum atomic E-state index is 4.79. The second-order valence-corrected chi connectivity index (χ2v) is 4.68. The predicted octanol–water partition coefficient (Wildman–Crippen LogP) is 4.76. The Bertz CT molecular complexity index is 816. The molecule has 0 radical (unpaired) electrons. The Labute approximate surface area is 118 Å². The molecule has 0 aliphatic carbocycles. The van der Waals surface area contributed by atoms with Gasteiger partial charge < -0.3 is 0 Å². The monoisotopic (exact) mass is 260 g/mol. The topological polar surface area (TPSA) is 25.8 Å². The van der Waals surface area contributed by atoms with Crippen molar-refractivity contribution in [2.45, 2.75) is 13.3 Å². The van der Waals surface area contributed by atoms with Gasteiger partial charge in [-0.1, -0.05) is 49.9 Å². The van der Waals surface area contributed by atoms with Crippen LogP contribution in [0.25, 0.3) is 27.4 Å². The number of hydrogen-bond acceptors (Lipinski definition) is 2. The van der Waals surface area contributed by atoms with Gasteiger partial charge >= 0.3 is 0 Å². The Morgan fingerprint density at radius 1 is 1.10 bits per heavy atom. The van der Waals surface area contributed by atoms with E-state index in [9.17, 15) is 0 Å². The van der Waals surface area contributed by atoms with Crippen LogP contribution in [-0.4, -0.2) is 9.97 Å². The van der Waals surface area contributed by atoms with Crippen LogP contribution in [-0.2, 0) is 0 Å². The Kier molecular flexibility index (Phi) is 3.30. The number of nitrogens with zero attached hydrogens (tertiary/aromatic N) is 2. The van der Waals surface area contributed by atoms with Crippen LogP contribution in [0.15, 0.2) is 61.3 Å². The summed E-state index contributed by atoms with van der Waals surface area (Å²) in [6.07, 6.45) is 6.78. The lowest BCUT2D eigenvalue weighted by Gasteiger charge is -2.06. The summed E-state index contributed by atoms with van der Waals surface area (Å²) in [5, 5.41) is 2.23. The van der Waals surface area contributed by atoms with Gasteiger partial charge in [0.05, 0.1) is 16.7 Å². The summed E-state index contributed by atoms with van der Waals surface area (Å²) in [6, 6.07) is 12.3. The molecule has 2 aromatic heterocycles. The van der Waals surface area contributed by atoms with Gasteiger partial charge in [0.25, 0.3) is 0 Å². The lowest BCUT2D eigenvalue weighted by Crippen LogP contribution is -1.90. The van der Waals surface area contributed by atoms with E-state index in [4.69, 9.17) is 4.98 Å². The number of pyridine rings is 2. The fourth-order valence-electron chi connectivity index (χ4n) is 2.40. The summed E-state index contributed by atoms with van der Waals surface area (Å²) in [7, 11) is 0. The molecule has 2 nitrogen and oxygen atoms in total. The molecule has 3 aromatic rings. The summed E-state index contributed by atoms with van der Waals surface area (Å²) in [5.74, 6) is 0. The molecule has 0 saturated heterocycles. The van der Waals surface area contributed by atoms with Crippen molar-refractivity contribution in [3.8, 4) is 0 Å². The lowest BCUT2D eigenvalue weighted by atomic mass is 10.1. The molecular formula is C18H16N2. The number of hydrogen-bond donors (Lipinski definition) is 0. The largest absolute Gasteiger partial charge is 0.254 e. The van der Waals surface area contributed by atoms with Crippen molar-refractivity contribution in [3.05, 3.63) is 67.0 Å². The van der Waals surface area contributed by atoms with Crippen molar-refractivity contribution in [2.24, 2.45) is 0 Å². The number of allylic oxidation sites excluding steroid dienone is 3. The first-order valence-electron chi connectivity index (χ1n) is 6.81. The van der Waals surface area contributed by atoms with Crippen molar-refractivity contribution >= 4 is 27.4 Å². The van der Waals surface area contributed by atoms with Gasteiger partial charge in [-0.15, -0.1) is 0 Å². The van der Waals surface area contributed by atoms with E-state index in [2.05, 4.69) is 48.8 Å². The molecule has 0 aliphatic heterocycles. The fraction of sp³-hybridized carbons (Fsp3) is 0.111. The standard InChI is InChI=1S/C18H16N2/c1-3-6-13(4-2)16-11-10-15-9-8-14-7-5-12-19-17(14)18(15)20-16/h4-12H,2-3H2,1H3/b13-6+. The Morgan fingerprint density at radius 3 is 2.60 bits per heavy atom. The third-order valence-corrected chi connectivity index (χ3v) is 3.37. The zero-order chi connectivity index (χ0) is 13.9. The van der Waals surface area contributed by atoms with E-state index in [1.54, 1.807) is 0 Å². The first kappa shape index (κ1) is 12.5. The van der Waals surface area contributed by atoms with Crippen LogP contribution >= 0.6 is 0 Å². The minimum atomic E-state index is 0.949. The van der Waals surface area contributed by atoms with Gasteiger partial charge in [-0.05, 0) is 24.1 Å². The summed E-state index contributed by atoms with van der Waals surface area (Å²) in [6.45, 7) is 5.99. The van der Waals surface area contributed by atoms with E-state index in [0.29, 0.717) is 0 Å². The van der Waals surface area contributed by atoms with E-state index in [1.165, 1.54) is 0 Å². The van der Waals surface area contributed by atoms with E-state index >= 15 is 0 Å². The second-order valence-electron chi connectivity index (χ2n) is 4.68. The van der Waals surface area contributed by atoms with Crippen LogP contribution < -0.4 is 0 Å². The van der Waals surface area contributed by atoms with Crippen LogP contribution in [0.5, 0.6) is 0 Å². The van der Waals surface area contributed by atoms with Crippen molar-refractivity contribution in [1.29, 1.82) is 0 Å². The highest BCUT2D eigenvalue weighted by Gasteiger charge is 2.05. The van der Waals surface area contributed by atoms with Gasteiger partial charge in [0.15, 0.2) is 0 Å². The highest BCUT2D eigenvalue weighted by Crippen LogP contribution is 2.24. The van der Waals surface area contributed by atoms with Gasteiger partial charge in [0, 0.05) is 17.0 Å². The molecular weight excluding hydrogens is 244 g/mol. The summed E-state index contributed by atoms with van der Waals surface area (Å²) >= 11 is 0. The molecule has 0 fully saturated rings. The minimum absolute atomic E-state index is 0.949. The zero-order valence-corrected chi connectivity index (χ0v) is 11.5. The Morgan fingerprint density at radius 2 is 1.85 bits per heavy atom. The molecule has 0 amide bonds. The molecule has 0 N–H and O–H groups in total. The smallest absolute Gasteiger partial charge is 0.0972 e. The molecule has 0 bridgehead atoms. The quantitative estimate of drug-likeness (QED) is 0.501. The maximum absolute atomic E-state index is 4.79. The third kappa shape index (κ3) is 2.10. The third-order valence-electron chi connectivity index (χ3n) is 3.37. The summed E-state index contributed by atoms with van der Waals surface area (Å²) < 4.78 is 0. The van der Waals surface area contributed by atoms with Gasteiger partial charge in [0.2, 0.25) is 0 Å². The molecule has 0 spiro atoms. The van der Waals surface area contributed by atoms with Gasteiger partial charge in [-0.2, -0.15) is 0 Å². The molecule has 0 saturated carbocycles. The molecule has 0 aliphatic rings. The summed E-state index contributed by atoms with van der Waals surface area (Å²) in [4.78, 5) is 9.26. The molecule has 0 atom stereocenters. The lowest BCUT2D eigenvalue weighted by molar-refractivity contribution is 1.22. The van der Waals surface area contributed by atoms with Gasteiger partial charge in [-0.3, -0.25) is 4.98 Å². The SMILES string of the molecule is C=C/C(=C\CC)c1ccc2ccc3cccnc3c2n1. The number of benzene rings is 1. The molecule has 98 valence electrons. The van der Waals surface area contributed by atoms with E-state index in [-0.39, 0.29) is 0 Å². The fourth-order valence-corrected chi connectivity index (χ4v) is 2.40. The van der Waals surface area contributed by atoms with Crippen molar-refractivity contribution in [2.75, 3.05) is 0 Å². The molecule has 3 rings (SSSR count). The van der Waals surface area contributed by atoms with E-state index in [1.807, 2.05) is 24.4 Å². The molecule has 1 aromatic carbocycles. The second kappa shape index (κ2) is 5.25. The van der Waals surface area contributed by atoms with Crippen LogP contribution in [0.1, 0.15) is 19.0 Å². The average molecular weight is 260 g/mol. The minimum Gasteiger partial charge on any atom is -0.254 e. The van der Waals surface area contributed by atoms with Crippen LogP contribution in [0.3, 0.4) is 0 Å². The number of fused-ring (bicyclic) bond motifs is 3. The maximum Gasteiger partial charge on any atom is 0.0972 e. The number of aromatic nitrogens is 2. The van der Waals surface area contributed by atoms with Gasteiger partial charge in [-0.25, -0.2) is 4.98 Å². The first-order chi connectivity index (χ1) is 9.83. The van der Waals surface area contributed by atoms with Gasteiger partial charge in [0.1, 0.15) is 0 Å². The van der Waals surface area contributed by atoms with Crippen LogP contribution in [0, 0.1) is 0 Å². The number of rotatable bonds is 3. The molecule has 2 heteroatoms. The van der Waals surface area contributed by atoms with E-state index in [0.717, 1.165) is 39.5 Å². The first-order valence-corrected chi connectivity index (χ1v) is 6.81. The molecule has 0 unspecified atom stereocenters. The zero-order valence-electron chi connectivity index (χ0n) is 11.5. The summed E-state index contributed by atoms with van der Waals surface area (Å²) in [5.41, 5.74) is 3.92. The van der Waals surface area contributed by atoms with Crippen molar-refractivity contribution < 1.29 is 0 Å². The van der Waals surface area contributed by atoms with Crippen LogP contribution in [0.2, 0.25) is 0 Å². The Hall–Kier alpha value is -2.48.